The number of piperazine rings is 1. The molecule has 1 aliphatic rings. The van der Waals surface area contributed by atoms with Crippen molar-refractivity contribution in [2.24, 2.45) is 0 Å². The number of amides is 2. The average Bonchev–Trinajstić information content (AvgIpc) is 3.25. The summed E-state index contributed by atoms with van der Waals surface area (Å²) in [6.07, 6.45) is 2.08. The van der Waals surface area contributed by atoms with Crippen LogP contribution in [-0.2, 0) is 0 Å². The highest BCUT2D eigenvalue weighted by Gasteiger charge is 2.24. The van der Waals surface area contributed by atoms with Gasteiger partial charge in [0.15, 0.2) is 5.82 Å². The fraction of sp³-hybridized carbons (Fsp3) is 0.217. The summed E-state index contributed by atoms with van der Waals surface area (Å²) < 4.78 is 2.19. The van der Waals surface area contributed by atoms with E-state index < -0.39 is 0 Å². The highest BCUT2D eigenvalue weighted by Crippen LogP contribution is 2.26. The molecule has 29 heavy (non-hydrogen) atoms. The van der Waals surface area contributed by atoms with Crippen LogP contribution in [0.1, 0.15) is 5.56 Å². The van der Waals surface area contributed by atoms with Crippen LogP contribution in [-0.4, -0.2) is 46.5 Å². The molecular weight excluding hydrogens is 362 g/mol. The number of rotatable bonds is 2. The van der Waals surface area contributed by atoms with Crippen molar-refractivity contribution in [3.8, 4) is 0 Å². The molecule has 1 aliphatic heterocycles. The molecule has 0 saturated carbocycles. The zero-order chi connectivity index (χ0) is 19.8. The molecule has 1 saturated heterocycles. The second kappa shape index (κ2) is 7.13. The summed E-state index contributed by atoms with van der Waals surface area (Å²) in [4.78, 5) is 21.8. The van der Waals surface area contributed by atoms with Gasteiger partial charge in [0.1, 0.15) is 0 Å². The predicted octanol–water partition coefficient (Wildman–Crippen LogP) is 4.15. The lowest BCUT2D eigenvalue weighted by Crippen LogP contribution is -2.50. The second-order valence-electron chi connectivity index (χ2n) is 7.41. The van der Waals surface area contributed by atoms with Crippen molar-refractivity contribution in [1.82, 2.24) is 14.3 Å². The summed E-state index contributed by atoms with van der Waals surface area (Å²) >= 11 is 0. The lowest BCUT2D eigenvalue weighted by atomic mass is 10.2. The molecule has 5 rings (SSSR count). The SMILES string of the molecule is Cc1ccccc1NC(=O)N1CCN(c2nc3ccccc3n3cccc23)CC1. The van der Waals surface area contributed by atoms with E-state index in [-0.39, 0.29) is 6.03 Å². The molecule has 0 radical (unpaired) electrons. The smallest absolute Gasteiger partial charge is 0.321 e. The van der Waals surface area contributed by atoms with Gasteiger partial charge in [-0.15, -0.1) is 0 Å². The van der Waals surface area contributed by atoms with E-state index in [9.17, 15) is 4.79 Å². The van der Waals surface area contributed by atoms with E-state index in [1.165, 1.54) is 0 Å². The topological polar surface area (TPSA) is 52.9 Å². The fourth-order valence-electron chi connectivity index (χ4n) is 3.97. The Hall–Kier alpha value is -3.54. The summed E-state index contributed by atoms with van der Waals surface area (Å²) in [5, 5.41) is 3.03. The summed E-state index contributed by atoms with van der Waals surface area (Å²) in [5.41, 5.74) is 5.11. The number of hydrogen-bond acceptors (Lipinski definition) is 3. The van der Waals surface area contributed by atoms with Gasteiger partial charge in [-0.05, 0) is 42.8 Å². The zero-order valence-electron chi connectivity index (χ0n) is 16.4. The molecule has 0 aliphatic carbocycles. The lowest BCUT2D eigenvalue weighted by molar-refractivity contribution is 0.208. The number of aromatic nitrogens is 2. The van der Waals surface area contributed by atoms with E-state index in [0.29, 0.717) is 13.1 Å². The van der Waals surface area contributed by atoms with Gasteiger partial charge in [0, 0.05) is 38.1 Å². The van der Waals surface area contributed by atoms with Crippen LogP contribution >= 0.6 is 0 Å². The number of fused-ring (bicyclic) bond motifs is 3. The molecule has 2 aromatic carbocycles. The van der Waals surface area contributed by atoms with Gasteiger partial charge >= 0.3 is 6.03 Å². The molecule has 1 N–H and O–H groups in total. The van der Waals surface area contributed by atoms with Gasteiger partial charge in [-0.1, -0.05) is 30.3 Å². The molecule has 2 amide bonds. The molecule has 0 spiro atoms. The summed E-state index contributed by atoms with van der Waals surface area (Å²) in [5.74, 6) is 0.979. The van der Waals surface area contributed by atoms with E-state index in [1.807, 2.05) is 54.3 Å². The maximum atomic E-state index is 12.7. The normalized spacial score (nSPS) is 14.5. The standard InChI is InChI=1S/C23H23N5O/c1-17-7-2-3-8-18(17)25-23(29)27-15-13-26(14-16-27)22-21-11-6-12-28(21)20-10-5-4-9-19(20)24-22/h2-12H,13-16H2,1H3,(H,25,29). The van der Waals surface area contributed by atoms with E-state index in [0.717, 1.165) is 46.7 Å². The molecule has 0 atom stereocenters. The molecule has 2 aromatic heterocycles. The zero-order valence-corrected chi connectivity index (χ0v) is 16.4. The van der Waals surface area contributed by atoms with E-state index in [1.54, 1.807) is 0 Å². The van der Waals surface area contributed by atoms with E-state index in [2.05, 4.69) is 39.0 Å². The van der Waals surface area contributed by atoms with Crippen LogP contribution in [0.3, 0.4) is 0 Å². The van der Waals surface area contributed by atoms with Crippen molar-refractivity contribution in [2.75, 3.05) is 36.4 Å². The van der Waals surface area contributed by atoms with Crippen molar-refractivity contribution < 1.29 is 4.79 Å². The molecule has 4 aromatic rings. The number of aryl methyl sites for hydroxylation is 1. The number of nitrogens with one attached hydrogen (secondary N) is 1. The van der Waals surface area contributed by atoms with Crippen molar-refractivity contribution in [2.45, 2.75) is 6.92 Å². The Morgan fingerprint density at radius 2 is 1.62 bits per heavy atom. The predicted molar refractivity (Wildman–Crippen MR) is 117 cm³/mol. The Bertz CT molecular complexity index is 1190. The quantitative estimate of drug-likeness (QED) is 0.564. The Morgan fingerprint density at radius 3 is 2.45 bits per heavy atom. The van der Waals surface area contributed by atoms with Crippen LogP contribution in [0, 0.1) is 6.92 Å². The first-order chi connectivity index (χ1) is 14.2. The Balaban J connectivity index is 1.35. The molecule has 0 unspecified atom stereocenters. The Morgan fingerprint density at radius 1 is 0.897 bits per heavy atom. The van der Waals surface area contributed by atoms with Crippen LogP contribution < -0.4 is 10.2 Å². The third-order valence-corrected chi connectivity index (χ3v) is 5.60. The van der Waals surface area contributed by atoms with Crippen molar-refractivity contribution in [3.63, 3.8) is 0 Å². The molecule has 6 heteroatoms. The first-order valence-corrected chi connectivity index (χ1v) is 9.93. The van der Waals surface area contributed by atoms with Gasteiger partial charge in [0.2, 0.25) is 0 Å². The molecule has 6 nitrogen and oxygen atoms in total. The lowest BCUT2D eigenvalue weighted by Gasteiger charge is -2.35. The van der Waals surface area contributed by atoms with Crippen LogP contribution in [0.4, 0.5) is 16.3 Å². The first kappa shape index (κ1) is 17.6. The monoisotopic (exact) mass is 385 g/mol. The van der Waals surface area contributed by atoms with Crippen molar-refractivity contribution in [3.05, 3.63) is 72.4 Å². The largest absolute Gasteiger partial charge is 0.351 e. The molecular formula is C23H23N5O. The van der Waals surface area contributed by atoms with Crippen molar-refractivity contribution in [1.29, 1.82) is 0 Å². The first-order valence-electron chi connectivity index (χ1n) is 9.93. The minimum absolute atomic E-state index is 0.0433. The number of nitrogens with zero attached hydrogens (tertiary/aromatic N) is 4. The summed E-state index contributed by atoms with van der Waals surface area (Å²) in [6, 6.07) is 20.2. The van der Waals surface area contributed by atoms with Gasteiger partial charge in [0.25, 0.3) is 0 Å². The number of hydrogen-bond donors (Lipinski definition) is 1. The number of anilines is 2. The van der Waals surface area contributed by atoms with E-state index in [4.69, 9.17) is 4.98 Å². The highest BCUT2D eigenvalue weighted by molar-refractivity contribution is 5.90. The summed E-state index contributed by atoms with van der Waals surface area (Å²) in [7, 11) is 0. The van der Waals surface area contributed by atoms with Crippen LogP contribution in [0.5, 0.6) is 0 Å². The molecule has 0 bridgehead atoms. The number of urea groups is 1. The van der Waals surface area contributed by atoms with Gasteiger partial charge in [-0.2, -0.15) is 0 Å². The Labute approximate surface area is 169 Å². The number of carbonyl (C=O) groups is 1. The molecule has 3 heterocycles. The summed E-state index contributed by atoms with van der Waals surface area (Å²) in [6.45, 7) is 4.85. The van der Waals surface area contributed by atoms with Crippen molar-refractivity contribution >= 4 is 34.1 Å². The van der Waals surface area contributed by atoms with E-state index >= 15 is 0 Å². The third kappa shape index (κ3) is 3.16. The average molecular weight is 385 g/mol. The number of para-hydroxylation sites is 3. The van der Waals surface area contributed by atoms with Gasteiger partial charge in [-0.3, -0.25) is 0 Å². The van der Waals surface area contributed by atoms with Crippen LogP contribution in [0.25, 0.3) is 16.6 Å². The minimum atomic E-state index is -0.0433. The second-order valence-corrected chi connectivity index (χ2v) is 7.41. The van der Waals surface area contributed by atoms with Crippen LogP contribution in [0.15, 0.2) is 66.9 Å². The van der Waals surface area contributed by atoms with Crippen LogP contribution in [0.2, 0.25) is 0 Å². The minimum Gasteiger partial charge on any atom is -0.351 e. The fourth-order valence-corrected chi connectivity index (χ4v) is 3.97. The van der Waals surface area contributed by atoms with Gasteiger partial charge in [0.05, 0.1) is 16.6 Å². The maximum Gasteiger partial charge on any atom is 0.321 e. The number of benzene rings is 2. The molecule has 1 fully saturated rings. The van der Waals surface area contributed by atoms with Gasteiger partial charge in [-0.25, -0.2) is 9.78 Å². The third-order valence-electron chi connectivity index (χ3n) is 5.60. The maximum absolute atomic E-state index is 12.7. The highest BCUT2D eigenvalue weighted by atomic mass is 16.2. The Kier molecular flexibility index (Phi) is 4.31. The molecule has 146 valence electrons. The van der Waals surface area contributed by atoms with Gasteiger partial charge < -0.3 is 19.5 Å². The number of carbonyl (C=O) groups excluding carboxylic acids is 1.